The quantitative estimate of drug-likeness (QED) is 0.651. The van der Waals surface area contributed by atoms with Gasteiger partial charge in [-0.15, -0.1) is 0 Å². The smallest absolute Gasteiger partial charge is 0.284 e. The number of carbonyl (C=O) groups excluding carboxylic acids is 1. The summed E-state index contributed by atoms with van der Waals surface area (Å²) in [5.74, 6) is 0.844. The molecule has 26 heavy (non-hydrogen) atoms. The number of carbonyl (C=O) groups is 1. The Morgan fingerprint density at radius 3 is 2.19 bits per heavy atom. The molecular weight excluding hydrogens is 324 g/mol. The zero-order chi connectivity index (χ0) is 18.7. The van der Waals surface area contributed by atoms with Crippen LogP contribution in [0, 0.1) is 13.8 Å². The summed E-state index contributed by atoms with van der Waals surface area (Å²) < 4.78 is 7.13. The molecule has 134 valence electrons. The largest absolute Gasteiger partial charge is 0.484 e. The van der Waals surface area contributed by atoms with Crippen molar-refractivity contribution in [1.82, 2.24) is 9.78 Å². The van der Waals surface area contributed by atoms with Gasteiger partial charge in [0.05, 0.1) is 5.69 Å². The van der Waals surface area contributed by atoms with E-state index < -0.39 is 0 Å². The van der Waals surface area contributed by atoms with Crippen LogP contribution in [0.15, 0.2) is 54.6 Å². The fourth-order valence-corrected chi connectivity index (χ4v) is 3.31. The van der Waals surface area contributed by atoms with Crippen molar-refractivity contribution >= 4 is 5.91 Å². The van der Waals surface area contributed by atoms with Crippen molar-refractivity contribution < 1.29 is 9.53 Å². The molecule has 0 aliphatic rings. The van der Waals surface area contributed by atoms with E-state index in [4.69, 9.17) is 4.74 Å². The number of benzene rings is 2. The van der Waals surface area contributed by atoms with Crippen molar-refractivity contribution in [2.75, 3.05) is 6.61 Å². The molecule has 0 fully saturated rings. The molecule has 0 N–H and O–H groups in total. The van der Waals surface area contributed by atoms with E-state index in [0.717, 1.165) is 28.1 Å². The maximum absolute atomic E-state index is 12.5. The normalized spacial score (nSPS) is 11.0. The summed E-state index contributed by atoms with van der Waals surface area (Å²) in [5.41, 5.74) is 5.19. The molecule has 2 aromatic carbocycles. The predicted octanol–water partition coefficient (Wildman–Crippen LogP) is 5.01. The molecule has 0 unspecified atom stereocenters. The van der Waals surface area contributed by atoms with E-state index in [1.807, 2.05) is 56.3 Å². The molecule has 0 saturated carbocycles. The molecule has 1 heterocycles. The zero-order valence-corrected chi connectivity index (χ0v) is 15.7. The third kappa shape index (κ3) is 3.69. The predicted molar refractivity (Wildman–Crippen MR) is 104 cm³/mol. The van der Waals surface area contributed by atoms with Gasteiger partial charge in [-0.2, -0.15) is 5.10 Å². The molecule has 3 rings (SSSR count). The van der Waals surface area contributed by atoms with Gasteiger partial charge in [0, 0.05) is 5.69 Å². The van der Waals surface area contributed by atoms with Crippen molar-refractivity contribution in [3.8, 4) is 16.9 Å². The molecule has 1 aromatic heterocycles. The Morgan fingerprint density at radius 2 is 1.62 bits per heavy atom. The summed E-state index contributed by atoms with van der Waals surface area (Å²) in [5, 5.41) is 4.38. The van der Waals surface area contributed by atoms with Crippen molar-refractivity contribution in [1.29, 1.82) is 0 Å². The van der Waals surface area contributed by atoms with Gasteiger partial charge in [0.25, 0.3) is 5.91 Å². The van der Waals surface area contributed by atoms with Gasteiger partial charge < -0.3 is 4.74 Å². The van der Waals surface area contributed by atoms with E-state index in [-0.39, 0.29) is 12.5 Å². The van der Waals surface area contributed by atoms with Gasteiger partial charge in [0.15, 0.2) is 6.61 Å². The third-order valence-corrected chi connectivity index (χ3v) is 4.48. The first-order valence-electron chi connectivity index (χ1n) is 8.85. The first-order chi connectivity index (χ1) is 12.5. The Kier molecular flexibility index (Phi) is 5.21. The molecule has 0 atom stereocenters. The Bertz CT molecular complexity index is 894. The van der Waals surface area contributed by atoms with Crippen LogP contribution in [-0.2, 0) is 0 Å². The van der Waals surface area contributed by atoms with E-state index in [9.17, 15) is 4.79 Å². The average molecular weight is 348 g/mol. The molecule has 0 radical (unpaired) electrons. The van der Waals surface area contributed by atoms with Gasteiger partial charge in [-0.05, 0) is 48.6 Å². The van der Waals surface area contributed by atoms with Gasteiger partial charge in [-0.3, -0.25) is 4.79 Å². The Morgan fingerprint density at radius 1 is 1.00 bits per heavy atom. The van der Waals surface area contributed by atoms with Crippen LogP contribution < -0.4 is 4.74 Å². The number of ether oxygens (including phenoxy) is 1. The van der Waals surface area contributed by atoms with Gasteiger partial charge in [0.1, 0.15) is 5.75 Å². The lowest BCUT2D eigenvalue weighted by atomic mass is 10.0. The SMILES string of the molecule is Cc1nn(C(=O)COc2ccc(-c3ccccc3)cc2)c(C)c1C(C)C. The van der Waals surface area contributed by atoms with E-state index in [2.05, 4.69) is 31.1 Å². The second-order valence-electron chi connectivity index (χ2n) is 6.72. The van der Waals surface area contributed by atoms with E-state index in [1.165, 1.54) is 4.68 Å². The summed E-state index contributed by atoms with van der Waals surface area (Å²) in [6, 6.07) is 17.9. The maximum Gasteiger partial charge on any atom is 0.284 e. The van der Waals surface area contributed by atoms with E-state index in [1.54, 1.807) is 0 Å². The lowest BCUT2D eigenvalue weighted by molar-refractivity contribution is 0.0818. The molecule has 0 bridgehead atoms. The highest BCUT2D eigenvalue weighted by Crippen LogP contribution is 2.23. The summed E-state index contributed by atoms with van der Waals surface area (Å²) in [4.78, 5) is 12.5. The van der Waals surface area contributed by atoms with Gasteiger partial charge in [0.2, 0.25) is 0 Å². The van der Waals surface area contributed by atoms with Gasteiger partial charge >= 0.3 is 0 Å². The lowest BCUT2D eigenvalue weighted by Gasteiger charge is -2.09. The third-order valence-electron chi connectivity index (χ3n) is 4.48. The second kappa shape index (κ2) is 7.56. The highest BCUT2D eigenvalue weighted by Gasteiger charge is 2.18. The fraction of sp³-hybridized carbons (Fsp3) is 0.273. The Labute approximate surface area is 154 Å². The summed E-state index contributed by atoms with van der Waals surface area (Å²) >= 11 is 0. The first-order valence-corrected chi connectivity index (χ1v) is 8.85. The Hall–Kier alpha value is -2.88. The molecule has 3 aromatic rings. The molecule has 0 saturated heterocycles. The highest BCUT2D eigenvalue weighted by atomic mass is 16.5. The summed E-state index contributed by atoms with van der Waals surface area (Å²) in [6.45, 7) is 8.05. The van der Waals surface area contributed by atoms with Crippen molar-refractivity contribution in [2.45, 2.75) is 33.6 Å². The van der Waals surface area contributed by atoms with Crippen LogP contribution >= 0.6 is 0 Å². The van der Waals surface area contributed by atoms with Crippen LogP contribution in [0.4, 0.5) is 0 Å². The number of aryl methyl sites for hydroxylation is 1. The molecule has 0 amide bonds. The molecular formula is C22H24N2O2. The minimum Gasteiger partial charge on any atom is -0.484 e. The number of rotatable bonds is 5. The lowest BCUT2D eigenvalue weighted by Crippen LogP contribution is -2.21. The highest BCUT2D eigenvalue weighted by molar-refractivity contribution is 5.80. The van der Waals surface area contributed by atoms with Gasteiger partial charge in [-0.1, -0.05) is 56.3 Å². The van der Waals surface area contributed by atoms with E-state index >= 15 is 0 Å². The number of hydrogen-bond acceptors (Lipinski definition) is 3. The van der Waals surface area contributed by atoms with Crippen LogP contribution in [0.1, 0.15) is 41.5 Å². The molecule has 4 heteroatoms. The van der Waals surface area contributed by atoms with Crippen molar-refractivity contribution in [3.63, 3.8) is 0 Å². The van der Waals surface area contributed by atoms with Crippen molar-refractivity contribution in [2.24, 2.45) is 0 Å². The minimum absolute atomic E-state index is 0.0375. The second-order valence-corrected chi connectivity index (χ2v) is 6.72. The van der Waals surface area contributed by atoms with Crippen LogP contribution in [0.25, 0.3) is 11.1 Å². The number of nitrogens with zero attached hydrogens (tertiary/aromatic N) is 2. The zero-order valence-electron chi connectivity index (χ0n) is 15.7. The molecule has 0 spiro atoms. The molecule has 0 aliphatic heterocycles. The average Bonchev–Trinajstić information content (AvgIpc) is 2.95. The Balaban J connectivity index is 1.68. The minimum atomic E-state index is -0.162. The molecule has 0 aliphatic carbocycles. The number of aromatic nitrogens is 2. The number of hydrogen-bond donors (Lipinski definition) is 0. The van der Waals surface area contributed by atoms with Crippen LogP contribution in [0.3, 0.4) is 0 Å². The van der Waals surface area contributed by atoms with Crippen LogP contribution in [0.2, 0.25) is 0 Å². The molecule has 4 nitrogen and oxygen atoms in total. The van der Waals surface area contributed by atoms with E-state index in [0.29, 0.717) is 11.7 Å². The first kappa shape index (κ1) is 17.9. The van der Waals surface area contributed by atoms with Gasteiger partial charge in [-0.25, -0.2) is 4.68 Å². The summed E-state index contributed by atoms with van der Waals surface area (Å²) in [6.07, 6.45) is 0. The maximum atomic E-state index is 12.5. The van der Waals surface area contributed by atoms with Crippen molar-refractivity contribution in [3.05, 3.63) is 71.5 Å². The fourth-order valence-electron chi connectivity index (χ4n) is 3.31. The summed E-state index contributed by atoms with van der Waals surface area (Å²) in [7, 11) is 0. The standard InChI is InChI=1S/C22H24N2O2/c1-15(2)22-16(3)23-24(17(22)4)21(25)14-26-20-12-10-19(11-13-20)18-8-6-5-7-9-18/h5-13,15H,14H2,1-4H3. The topological polar surface area (TPSA) is 44.1 Å². The van der Waals surface area contributed by atoms with Crippen LogP contribution in [-0.4, -0.2) is 22.3 Å². The van der Waals surface area contributed by atoms with Crippen LogP contribution in [0.5, 0.6) is 5.75 Å². The monoisotopic (exact) mass is 348 g/mol.